The maximum absolute atomic E-state index is 12.0. The Morgan fingerprint density at radius 2 is 2.29 bits per heavy atom. The summed E-state index contributed by atoms with van der Waals surface area (Å²) in [4.78, 5) is 34.4. The van der Waals surface area contributed by atoms with Gasteiger partial charge in [0, 0.05) is 29.3 Å². The lowest BCUT2D eigenvalue weighted by Gasteiger charge is -2.19. The fourth-order valence-corrected chi connectivity index (χ4v) is 4.63. The Hall–Kier alpha value is -1.29. The molecule has 8 heteroatoms. The number of halogens is 1. The van der Waals surface area contributed by atoms with Crippen LogP contribution in [0.5, 0.6) is 0 Å². The molecule has 21 heavy (non-hydrogen) atoms. The lowest BCUT2D eigenvalue weighted by atomic mass is 9.85. The van der Waals surface area contributed by atoms with Crippen molar-refractivity contribution >= 4 is 61.2 Å². The summed E-state index contributed by atoms with van der Waals surface area (Å²) in [6, 6.07) is 2.06. The number of hydrogen-bond donors (Lipinski definition) is 1. The lowest BCUT2D eigenvalue weighted by Crippen LogP contribution is -2.34. The van der Waals surface area contributed by atoms with E-state index in [1.165, 1.54) is 0 Å². The first-order chi connectivity index (χ1) is 10.1. The maximum Gasteiger partial charge on any atom is 0.235 e. The highest BCUT2D eigenvalue weighted by atomic mass is 127. The van der Waals surface area contributed by atoms with Gasteiger partial charge in [0.1, 0.15) is 0 Å². The van der Waals surface area contributed by atoms with Crippen molar-refractivity contribution in [1.82, 2.24) is 15.3 Å². The number of imide groups is 1. The summed E-state index contributed by atoms with van der Waals surface area (Å²) in [5.41, 5.74) is 0.180. The molecular weight excluding hydrogens is 403 g/mol. The molecule has 2 aromatic heterocycles. The molecule has 0 bridgehead atoms. The smallest absolute Gasteiger partial charge is 0.235 e. The second kappa shape index (κ2) is 4.60. The van der Waals surface area contributed by atoms with E-state index in [9.17, 15) is 9.59 Å². The predicted molar refractivity (Wildman–Crippen MR) is 87.2 cm³/mol. The maximum atomic E-state index is 12.0. The SMILES string of the molecule is O=C1CC2(CCN(c3nc4ncc(I)cc4s3)C2)C(=O)N1. The fraction of sp³-hybridized carbons (Fsp3) is 0.385. The number of carbonyl (C=O) groups is 2. The number of nitrogens with zero attached hydrogens (tertiary/aromatic N) is 3. The van der Waals surface area contributed by atoms with Crippen LogP contribution in [-0.4, -0.2) is 34.9 Å². The Bertz CT molecular complexity index is 777. The van der Waals surface area contributed by atoms with Crippen LogP contribution in [-0.2, 0) is 9.59 Å². The lowest BCUT2D eigenvalue weighted by molar-refractivity contribution is -0.127. The van der Waals surface area contributed by atoms with E-state index >= 15 is 0 Å². The van der Waals surface area contributed by atoms with Gasteiger partial charge in [-0.25, -0.2) is 4.98 Å². The zero-order valence-corrected chi connectivity index (χ0v) is 13.9. The first kappa shape index (κ1) is 13.4. The molecule has 2 aliphatic heterocycles. The van der Waals surface area contributed by atoms with Crippen LogP contribution in [0.2, 0.25) is 0 Å². The van der Waals surface area contributed by atoms with Crippen LogP contribution in [0.4, 0.5) is 5.13 Å². The van der Waals surface area contributed by atoms with Gasteiger partial charge in [0.15, 0.2) is 10.8 Å². The van der Waals surface area contributed by atoms with Gasteiger partial charge < -0.3 is 4.90 Å². The fourth-order valence-electron chi connectivity index (χ4n) is 2.98. The average Bonchev–Trinajstić information content (AvgIpc) is 3.08. The first-order valence-corrected chi connectivity index (χ1v) is 8.47. The normalized spacial score (nSPS) is 25.3. The van der Waals surface area contributed by atoms with Crippen molar-refractivity contribution in [2.45, 2.75) is 12.8 Å². The number of amides is 2. The van der Waals surface area contributed by atoms with Gasteiger partial charge >= 0.3 is 0 Å². The van der Waals surface area contributed by atoms with E-state index in [1.807, 2.05) is 0 Å². The third kappa shape index (κ3) is 2.11. The van der Waals surface area contributed by atoms with Crippen molar-refractivity contribution in [2.75, 3.05) is 18.0 Å². The molecule has 1 N–H and O–H groups in total. The summed E-state index contributed by atoms with van der Waals surface area (Å²) >= 11 is 3.81. The summed E-state index contributed by atoms with van der Waals surface area (Å²) in [5.74, 6) is -0.300. The number of aromatic nitrogens is 2. The number of nitrogens with one attached hydrogen (secondary N) is 1. The third-order valence-corrected chi connectivity index (χ3v) is 5.70. The summed E-state index contributed by atoms with van der Waals surface area (Å²) in [6.07, 6.45) is 2.79. The molecule has 2 fully saturated rings. The summed E-state index contributed by atoms with van der Waals surface area (Å²) in [5, 5.41) is 3.30. The van der Waals surface area contributed by atoms with Crippen molar-refractivity contribution < 1.29 is 9.59 Å². The van der Waals surface area contributed by atoms with Gasteiger partial charge in [-0.3, -0.25) is 14.9 Å². The Labute approximate surface area is 138 Å². The van der Waals surface area contributed by atoms with Crippen molar-refractivity contribution in [3.63, 3.8) is 0 Å². The van der Waals surface area contributed by atoms with Gasteiger partial charge in [-0.2, -0.15) is 4.98 Å². The Morgan fingerprint density at radius 1 is 1.43 bits per heavy atom. The van der Waals surface area contributed by atoms with Crippen LogP contribution in [0.25, 0.3) is 10.3 Å². The zero-order valence-electron chi connectivity index (χ0n) is 10.9. The van der Waals surface area contributed by atoms with Gasteiger partial charge in [-0.1, -0.05) is 11.3 Å². The van der Waals surface area contributed by atoms with E-state index in [-0.39, 0.29) is 11.8 Å². The number of rotatable bonds is 1. The minimum Gasteiger partial charge on any atom is -0.347 e. The highest BCUT2D eigenvalue weighted by Crippen LogP contribution is 2.41. The van der Waals surface area contributed by atoms with Gasteiger partial charge in [0.05, 0.1) is 10.1 Å². The van der Waals surface area contributed by atoms with Gasteiger partial charge in [0.2, 0.25) is 11.8 Å². The van der Waals surface area contributed by atoms with E-state index in [0.717, 1.165) is 25.6 Å². The summed E-state index contributed by atoms with van der Waals surface area (Å²) in [6.45, 7) is 1.30. The Kier molecular flexibility index (Phi) is 2.93. The quantitative estimate of drug-likeness (QED) is 0.566. The molecule has 0 saturated carbocycles. The number of anilines is 1. The van der Waals surface area contributed by atoms with Crippen LogP contribution in [0.3, 0.4) is 0 Å². The molecule has 1 atom stereocenters. The van der Waals surface area contributed by atoms with E-state index in [0.29, 0.717) is 19.4 Å². The summed E-state index contributed by atoms with van der Waals surface area (Å²) in [7, 11) is 0. The second-order valence-corrected chi connectivity index (χ2v) is 7.73. The first-order valence-electron chi connectivity index (χ1n) is 6.57. The molecule has 0 aliphatic carbocycles. The average molecular weight is 414 g/mol. The molecule has 108 valence electrons. The van der Waals surface area contributed by atoms with Crippen molar-refractivity contribution in [1.29, 1.82) is 0 Å². The molecule has 4 heterocycles. The van der Waals surface area contributed by atoms with Crippen molar-refractivity contribution in [3.05, 3.63) is 15.8 Å². The molecule has 2 amide bonds. The van der Waals surface area contributed by atoms with Gasteiger partial charge in [-0.05, 0) is 35.1 Å². The second-order valence-electron chi connectivity index (χ2n) is 5.48. The number of hydrogen-bond acceptors (Lipinski definition) is 6. The van der Waals surface area contributed by atoms with Crippen LogP contribution in [0.15, 0.2) is 12.3 Å². The zero-order chi connectivity index (χ0) is 14.6. The van der Waals surface area contributed by atoms with Crippen molar-refractivity contribution in [3.8, 4) is 0 Å². The third-order valence-electron chi connectivity index (χ3n) is 4.06. The topological polar surface area (TPSA) is 75.2 Å². The van der Waals surface area contributed by atoms with Crippen LogP contribution < -0.4 is 10.2 Å². The standard InChI is InChI=1S/C13H11IN4O2S/c14-7-3-8-10(15-5-7)17-12(21-8)18-2-1-13(6-18)4-9(19)16-11(13)20/h3,5H,1-2,4,6H2,(H,16,19,20). The minimum atomic E-state index is -0.559. The molecule has 0 aromatic carbocycles. The van der Waals surface area contributed by atoms with Crippen LogP contribution >= 0.6 is 33.9 Å². The van der Waals surface area contributed by atoms with Gasteiger partial charge in [-0.15, -0.1) is 0 Å². The number of fused-ring (bicyclic) bond motifs is 1. The van der Waals surface area contributed by atoms with E-state index in [2.05, 4.69) is 48.8 Å². The van der Waals surface area contributed by atoms with Gasteiger partial charge in [0.25, 0.3) is 0 Å². The largest absolute Gasteiger partial charge is 0.347 e. The molecule has 0 radical (unpaired) electrons. The molecule has 1 unspecified atom stereocenters. The molecule has 2 saturated heterocycles. The molecule has 2 aliphatic rings. The van der Waals surface area contributed by atoms with E-state index in [1.54, 1.807) is 17.5 Å². The highest BCUT2D eigenvalue weighted by Gasteiger charge is 2.51. The van der Waals surface area contributed by atoms with E-state index < -0.39 is 5.41 Å². The monoisotopic (exact) mass is 414 g/mol. The molecule has 6 nitrogen and oxygen atoms in total. The molecule has 4 rings (SSSR count). The van der Waals surface area contributed by atoms with Crippen LogP contribution in [0, 0.1) is 8.99 Å². The Morgan fingerprint density at radius 3 is 3.05 bits per heavy atom. The Balaban J connectivity index is 1.65. The van der Waals surface area contributed by atoms with E-state index in [4.69, 9.17) is 0 Å². The number of carbonyl (C=O) groups excluding carboxylic acids is 2. The minimum absolute atomic E-state index is 0.135. The van der Waals surface area contributed by atoms with Crippen LogP contribution in [0.1, 0.15) is 12.8 Å². The summed E-state index contributed by atoms with van der Waals surface area (Å²) < 4.78 is 2.12. The number of thiazole rings is 1. The molecular formula is C13H11IN4O2S. The highest BCUT2D eigenvalue weighted by molar-refractivity contribution is 14.1. The number of pyridine rings is 1. The molecule has 2 aromatic rings. The predicted octanol–water partition coefficient (Wildman–Crippen LogP) is 1.54. The van der Waals surface area contributed by atoms with Crippen molar-refractivity contribution in [2.24, 2.45) is 5.41 Å². The molecule has 1 spiro atoms.